The topological polar surface area (TPSA) is 0 Å². The minimum atomic E-state index is -5.24. The molecule has 7 heteroatoms. The molecule has 1 aromatic rings. The SMILES string of the molecule is Cc1cc(F)cc(C(F)(F)F)c1C(F)(F)F. The number of rotatable bonds is 0. The maximum Gasteiger partial charge on any atom is 0.417 e. The molecule has 0 heterocycles. The van der Waals surface area contributed by atoms with Crippen LogP contribution < -0.4 is 0 Å². The summed E-state index contributed by atoms with van der Waals surface area (Å²) >= 11 is 0. The standard InChI is InChI=1S/C9H5F7/c1-4-2-5(10)3-6(8(11,12)13)7(4)9(14,15)16/h2-3H,1H3. The van der Waals surface area contributed by atoms with Crippen LogP contribution in [0.5, 0.6) is 0 Å². The van der Waals surface area contributed by atoms with Gasteiger partial charge in [-0.1, -0.05) is 0 Å². The first-order valence-corrected chi connectivity index (χ1v) is 3.98. The fourth-order valence-corrected chi connectivity index (χ4v) is 1.34. The summed E-state index contributed by atoms with van der Waals surface area (Å²) in [6, 6.07) is 0.258. The Labute approximate surface area is 85.7 Å². The monoisotopic (exact) mass is 246 g/mol. The van der Waals surface area contributed by atoms with E-state index >= 15 is 0 Å². The van der Waals surface area contributed by atoms with Crippen molar-refractivity contribution in [1.82, 2.24) is 0 Å². The number of aryl methyl sites for hydroxylation is 1. The highest BCUT2D eigenvalue weighted by Gasteiger charge is 2.44. The Morgan fingerprint density at radius 2 is 1.38 bits per heavy atom. The molecule has 90 valence electrons. The Bertz CT molecular complexity index is 400. The average molecular weight is 246 g/mol. The molecule has 16 heavy (non-hydrogen) atoms. The van der Waals surface area contributed by atoms with Crippen LogP contribution in [-0.4, -0.2) is 0 Å². The van der Waals surface area contributed by atoms with Crippen LogP contribution in [0.1, 0.15) is 16.7 Å². The van der Waals surface area contributed by atoms with Crippen LogP contribution in [0.15, 0.2) is 12.1 Å². The Balaban J connectivity index is 3.58. The van der Waals surface area contributed by atoms with Crippen molar-refractivity contribution in [1.29, 1.82) is 0 Å². The summed E-state index contributed by atoms with van der Waals surface area (Å²) in [6.45, 7) is 0.779. The first-order chi connectivity index (χ1) is 7.03. The summed E-state index contributed by atoms with van der Waals surface area (Å²) in [7, 11) is 0. The lowest BCUT2D eigenvalue weighted by Gasteiger charge is -2.17. The fourth-order valence-electron chi connectivity index (χ4n) is 1.34. The summed E-state index contributed by atoms with van der Waals surface area (Å²) in [5, 5.41) is 0. The van der Waals surface area contributed by atoms with Crippen LogP contribution in [0.3, 0.4) is 0 Å². The van der Waals surface area contributed by atoms with E-state index in [-0.39, 0.29) is 6.07 Å². The van der Waals surface area contributed by atoms with Crippen molar-refractivity contribution in [2.24, 2.45) is 0 Å². The first-order valence-electron chi connectivity index (χ1n) is 3.98. The van der Waals surface area contributed by atoms with Crippen LogP contribution in [0.25, 0.3) is 0 Å². The summed E-state index contributed by atoms with van der Waals surface area (Å²) in [6.07, 6.45) is -10.4. The van der Waals surface area contributed by atoms with Gasteiger partial charge >= 0.3 is 12.4 Å². The lowest BCUT2D eigenvalue weighted by molar-refractivity contribution is -0.162. The zero-order chi connectivity index (χ0) is 12.7. The van der Waals surface area contributed by atoms with Gasteiger partial charge in [-0.2, -0.15) is 26.3 Å². The third kappa shape index (κ3) is 2.45. The molecule has 0 spiro atoms. The second-order valence-corrected chi connectivity index (χ2v) is 3.14. The number of alkyl halides is 6. The van der Waals surface area contributed by atoms with Crippen molar-refractivity contribution in [2.45, 2.75) is 19.3 Å². The van der Waals surface area contributed by atoms with E-state index in [2.05, 4.69) is 0 Å². The van der Waals surface area contributed by atoms with Gasteiger partial charge in [0.25, 0.3) is 0 Å². The van der Waals surface area contributed by atoms with E-state index in [1.807, 2.05) is 0 Å². The zero-order valence-corrected chi connectivity index (χ0v) is 7.80. The molecule has 0 fully saturated rings. The average Bonchev–Trinajstić information content (AvgIpc) is 1.97. The first kappa shape index (κ1) is 12.8. The van der Waals surface area contributed by atoms with Gasteiger partial charge < -0.3 is 0 Å². The third-order valence-corrected chi connectivity index (χ3v) is 1.89. The molecular weight excluding hydrogens is 241 g/mol. The molecule has 0 radical (unpaired) electrons. The number of hydrogen-bond acceptors (Lipinski definition) is 0. The molecule has 0 atom stereocenters. The summed E-state index contributed by atoms with van der Waals surface area (Å²) in [5.74, 6) is -1.35. The number of hydrogen-bond donors (Lipinski definition) is 0. The minimum absolute atomic E-state index is 0.157. The van der Waals surface area contributed by atoms with Gasteiger partial charge in [0.2, 0.25) is 0 Å². The molecule has 1 rings (SSSR count). The quantitative estimate of drug-likeness (QED) is 0.602. The van der Waals surface area contributed by atoms with E-state index in [4.69, 9.17) is 0 Å². The van der Waals surface area contributed by atoms with E-state index in [1.165, 1.54) is 0 Å². The number of halogens is 7. The van der Waals surface area contributed by atoms with Gasteiger partial charge in [0.15, 0.2) is 0 Å². The van der Waals surface area contributed by atoms with Crippen LogP contribution >= 0.6 is 0 Å². The van der Waals surface area contributed by atoms with Crippen molar-refractivity contribution >= 4 is 0 Å². The second kappa shape index (κ2) is 3.64. The lowest BCUT2D eigenvalue weighted by atomic mass is 10.0. The van der Waals surface area contributed by atoms with Gasteiger partial charge in [0, 0.05) is 0 Å². The van der Waals surface area contributed by atoms with Crippen LogP contribution in [0, 0.1) is 12.7 Å². The summed E-state index contributed by atoms with van der Waals surface area (Å²) in [5.41, 5.74) is -4.64. The largest absolute Gasteiger partial charge is 0.417 e. The van der Waals surface area contributed by atoms with E-state index in [9.17, 15) is 30.7 Å². The molecule has 0 aliphatic rings. The van der Waals surface area contributed by atoms with Crippen molar-refractivity contribution in [3.8, 4) is 0 Å². The Kier molecular flexibility index (Phi) is 2.91. The molecule has 0 amide bonds. The zero-order valence-electron chi connectivity index (χ0n) is 7.80. The van der Waals surface area contributed by atoms with Crippen molar-refractivity contribution < 1.29 is 30.7 Å². The molecule has 0 aliphatic heterocycles. The van der Waals surface area contributed by atoms with Gasteiger partial charge in [0.1, 0.15) is 5.82 Å². The third-order valence-electron chi connectivity index (χ3n) is 1.89. The van der Waals surface area contributed by atoms with Crippen molar-refractivity contribution in [3.05, 3.63) is 34.6 Å². The molecule has 0 aliphatic carbocycles. The molecule has 0 saturated carbocycles. The molecule has 0 N–H and O–H groups in total. The van der Waals surface area contributed by atoms with Crippen LogP contribution in [0.2, 0.25) is 0 Å². The van der Waals surface area contributed by atoms with Gasteiger partial charge in [-0.25, -0.2) is 4.39 Å². The fraction of sp³-hybridized carbons (Fsp3) is 0.333. The Morgan fingerprint density at radius 3 is 1.75 bits per heavy atom. The van der Waals surface area contributed by atoms with Crippen molar-refractivity contribution in [2.75, 3.05) is 0 Å². The second-order valence-electron chi connectivity index (χ2n) is 3.14. The highest BCUT2D eigenvalue weighted by molar-refractivity contribution is 5.39. The van der Waals surface area contributed by atoms with Gasteiger partial charge in [-0.15, -0.1) is 0 Å². The molecule has 0 nitrogen and oxygen atoms in total. The molecule has 1 aromatic carbocycles. The predicted molar refractivity (Wildman–Crippen MR) is 41.1 cm³/mol. The van der Waals surface area contributed by atoms with E-state index in [0.29, 0.717) is 6.07 Å². The van der Waals surface area contributed by atoms with E-state index in [1.54, 1.807) is 0 Å². The molecule has 0 aromatic heterocycles. The molecule has 0 unspecified atom stereocenters. The van der Waals surface area contributed by atoms with E-state index in [0.717, 1.165) is 6.92 Å². The van der Waals surface area contributed by atoms with E-state index < -0.39 is 34.9 Å². The maximum absolute atomic E-state index is 12.7. The van der Waals surface area contributed by atoms with Crippen LogP contribution in [0.4, 0.5) is 30.7 Å². The summed E-state index contributed by atoms with van der Waals surface area (Å²) in [4.78, 5) is 0. The summed E-state index contributed by atoms with van der Waals surface area (Å²) < 4.78 is 86.5. The smallest absolute Gasteiger partial charge is 0.207 e. The van der Waals surface area contributed by atoms with Gasteiger partial charge in [-0.3, -0.25) is 0 Å². The lowest BCUT2D eigenvalue weighted by Crippen LogP contribution is -2.18. The van der Waals surface area contributed by atoms with Gasteiger partial charge in [-0.05, 0) is 24.6 Å². The van der Waals surface area contributed by atoms with Crippen LogP contribution in [-0.2, 0) is 12.4 Å². The maximum atomic E-state index is 12.7. The molecule has 0 bridgehead atoms. The van der Waals surface area contributed by atoms with Crippen molar-refractivity contribution in [3.63, 3.8) is 0 Å². The Hall–Kier alpha value is -1.27. The van der Waals surface area contributed by atoms with Gasteiger partial charge in [0.05, 0.1) is 11.1 Å². The number of benzene rings is 1. The highest BCUT2D eigenvalue weighted by atomic mass is 19.4. The molecule has 0 saturated heterocycles. The minimum Gasteiger partial charge on any atom is -0.207 e. The Morgan fingerprint density at radius 1 is 0.875 bits per heavy atom. The normalized spacial score (nSPS) is 13.0. The predicted octanol–water partition coefficient (Wildman–Crippen LogP) is 4.17. The molecular formula is C9H5F7. The highest BCUT2D eigenvalue weighted by Crippen LogP contribution is 2.42.